The fourth-order valence-corrected chi connectivity index (χ4v) is 1.98. The molecule has 0 saturated carbocycles. The van der Waals surface area contributed by atoms with Gasteiger partial charge in [-0.15, -0.1) is 26.2 Å². The number of thiophene rings is 1. The van der Waals surface area contributed by atoms with Gasteiger partial charge in [0.1, 0.15) is 5.82 Å². The average molecular weight is 232 g/mol. The van der Waals surface area contributed by atoms with E-state index in [1.54, 1.807) is 11.3 Å². The van der Waals surface area contributed by atoms with Crippen molar-refractivity contribution in [1.82, 2.24) is 25.3 Å². The Bertz CT molecular complexity index is 587. The van der Waals surface area contributed by atoms with Gasteiger partial charge >= 0.3 is 0 Å². The SMILES string of the molecule is c1csc(CNc2ccc3nnnn3n2)c1. The molecule has 80 valence electrons. The molecule has 0 aliphatic rings. The lowest BCUT2D eigenvalue weighted by Gasteiger charge is -2.02. The molecule has 0 radical (unpaired) electrons. The van der Waals surface area contributed by atoms with Crippen LogP contribution in [0, 0.1) is 0 Å². The van der Waals surface area contributed by atoms with Crippen LogP contribution in [0.1, 0.15) is 4.88 Å². The first-order chi connectivity index (χ1) is 7.92. The third-order valence-electron chi connectivity index (χ3n) is 2.09. The van der Waals surface area contributed by atoms with E-state index in [1.807, 2.05) is 18.2 Å². The van der Waals surface area contributed by atoms with Gasteiger partial charge in [-0.05, 0) is 34.0 Å². The standard InChI is InChI=1S/C9H8N6S/c1-2-7(16-5-1)6-10-8-3-4-9-11-13-14-15(9)12-8/h1-5H,6H2,(H,10,12). The molecule has 0 atom stereocenters. The number of tetrazole rings is 1. The van der Waals surface area contributed by atoms with Crippen LogP contribution in [0.2, 0.25) is 0 Å². The molecule has 0 amide bonds. The number of nitrogens with zero attached hydrogens (tertiary/aromatic N) is 5. The van der Waals surface area contributed by atoms with Gasteiger partial charge in [0.2, 0.25) is 0 Å². The zero-order valence-corrected chi connectivity index (χ0v) is 9.05. The first kappa shape index (κ1) is 9.22. The van der Waals surface area contributed by atoms with Crippen LogP contribution < -0.4 is 5.32 Å². The quantitative estimate of drug-likeness (QED) is 0.734. The van der Waals surface area contributed by atoms with E-state index in [0.717, 1.165) is 12.4 Å². The summed E-state index contributed by atoms with van der Waals surface area (Å²) in [6.45, 7) is 0.762. The minimum Gasteiger partial charge on any atom is -0.364 e. The summed E-state index contributed by atoms with van der Waals surface area (Å²) in [6.07, 6.45) is 0. The third-order valence-corrected chi connectivity index (χ3v) is 2.97. The molecule has 0 aromatic carbocycles. The van der Waals surface area contributed by atoms with Crippen molar-refractivity contribution in [3.63, 3.8) is 0 Å². The van der Waals surface area contributed by atoms with Crippen LogP contribution in [0.3, 0.4) is 0 Å². The lowest BCUT2D eigenvalue weighted by atomic mass is 10.4. The van der Waals surface area contributed by atoms with Crippen molar-refractivity contribution >= 4 is 22.8 Å². The highest BCUT2D eigenvalue weighted by molar-refractivity contribution is 7.09. The number of aromatic nitrogens is 5. The summed E-state index contributed by atoms with van der Waals surface area (Å²) in [5.74, 6) is 0.758. The van der Waals surface area contributed by atoms with Crippen LogP contribution in [0.4, 0.5) is 5.82 Å². The van der Waals surface area contributed by atoms with Crippen LogP contribution in [-0.2, 0) is 6.54 Å². The van der Waals surface area contributed by atoms with Gasteiger partial charge in [-0.3, -0.25) is 0 Å². The first-order valence-electron chi connectivity index (χ1n) is 4.73. The molecule has 0 saturated heterocycles. The molecule has 6 nitrogen and oxygen atoms in total. The van der Waals surface area contributed by atoms with Gasteiger partial charge in [-0.2, -0.15) is 0 Å². The van der Waals surface area contributed by atoms with E-state index in [2.05, 4.69) is 37.4 Å². The molecular formula is C9H8N6S. The largest absolute Gasteiger partial charge is 0.364 e. The summed E-state index contributed by atoms with van der Waals surface area (Å²) in [5, 5.41) is 20.5. The predicted molar refractivity (Wildman–Crippen MR) is 60.2 cm³/mol. The number of anilines is 1. The zero-order valence-electron chi connectivity index (χ0n) is 8.24. The van der Waals surface area contributed by atoms with E-state index in [-0.39, 0.29) is 0 Å². The summed E-state index contributed by atoms with van der Waals surface area (Å²) in [4.78, 5) is 1.26. The minimum atomic E-state index is 0.640. The van der Waals surface area contributed by atoms with E-state index in [0.29, 0.717) is 5.65 Å². The Morgan fingerprint density at radius 2 is 2.31 bits per heavy atom. The van der Waals surface area contributed by atoms with Crippen molar-refractivity contribution < 1.29 is 0 Å². The molecule has 3 aromatic heterocycles. The molecule has 3 heterocycles. The van der Waals surface area contributed by atoms with Crippen molar-refractivity contribution in [3.05, 3.63) is 34.5 Å². The van der Waals surface area contributed by atoms with Gasteiger partial charge in [0.25, 0.3) is 0 Å². The Morgan fingerprint density at radius 1 is 1.31 bits per heavy atom. The Hall–Kier alpha value is -2.02. The molecule has 0 unspecified atom stereocenters. The van der Waals surface area contributed by atoms with Crippen LogP contribution >= 0.6 is 11.3 Å². The predicted octanol–water partition coefficient (Wildman–Crippen LogP) is 1.19. The summed E-state index contributed by atoms with van der Waals surface area (Å²) in [6, 6.07) is 7.79. The number of hydrogen-bond donors (Lipinski definition) is 1. The second kappa shape index (κ2) is 3.86. The molecule has 3 rings (SSSR count). The molecule has 0 aliphatic heterocycles. The third kappa shape index (κ3) is 1.72. The molecule has 0 fully saturated rings. The Balaban J connectivity index is 1.78. The number of hydrogen-bond acceptors (Lipinski definition) is 6. The van der Waals surface area contributed by atoms with E-state index in [1.165, 1.54) is 9.51 Å². The van der Waals surface area contributed by atoms with Crippen molar-refractivity contribution in [2.24, 2.45) is 0 Å². The molecule has 3 aromatic rings. The maximum Gasteiger partial charge on any atom is 0.200 e. The Kier molecular flexibility index (Phi) is 2.22. The van der Waals surface area contributed by atoms with E-state index >= 15 is 0 Å². The molecule has 16 heavy (non-hydrogen) atoms. The number of nitrogens with one attached hydrogen (secondary N) is 1. The summed E-state index contributed by atoms with van der Waals surface area (Å²) >= 11 is 1.71. The van der Waals surface area contributed by atoms with Crippen LogP contribution in [0.15, 0.2) is 29.6 Å². The first-order valence-corrected chi connectivity index (χ1v) is 5.61. The summed E-state index contributed by atoms with van der Waals surface area (Å²) < 4.78 is 1.40. The van der Waals surface area contributed by atoms with Crippen molar-refractivity contribution in [3.8, 4) is 0 Å². The monoisotopic (exact) mass is 232 g/mol. The van der Waals surface area contributed by atoms with Gasteiger partial charge in [0.05, 0.1) is 6.54 Å². The smallest absolute Gasteiger partial charge is 0.200 e. The van der Waals surface area contributed by atoms with Crippen LogP contribution in [-0.4, -0.2) is 25.3 Å². The lowest BCUT2D eigenvalue weighted by Crippen LogP contribution is -2.03. The average Bonchev–Trinajstić information content (AvgIpc) is 2.97. The van der Waals surface area contributed by atoms with Gasteiger partial charge in [0, 0.05) is 4.88 Å². The molecule has 0 bridgehead atoms. The second-order valence-corrected chi connectivity index (χ2v) is 4.21. The summed E-state index contributed by atoms with van der Waals surface area (Å²) in [7, 11) is 0. The Morgan fingerprint density at radius 3 is 3.19 bits per heavy atom. The molecule has 0 spiro atoms. The molecule has 1 N–H and O–H groups in total. The topological polar surface area (TPSA) is 68.0 Å². The number of fused-ring (bicyclic) bond motifs is 1. The van der Waals surface area contributed by atoms with Gasteiger partial charge in [-0.25, -0.2) is 0 Å². The molecule has 0 aliphatic carbocycles. The minimum absolute atomic E-state index is 0.640. The van der Waals surface area contributed by atoms with Gasteiger partial charge < -0.3 is 5.32 Å². The molecular weight excluding hydrogens is 224 g/mol. The zero-order chi connectivity index (χ0) is 10.8. The molecule has 7 heteroatoms. The second-order valence-electron chi connectivity index (χ2n) is 3.18. The lowest BCUT2D eigenvalue weighted by molar-refractivity contribution is 0.734. The Labute approximate surface area is 94.9 Å². The maximum absolute atomic E-state index is 4.21. The normalized spacial score (nSPS) is 10.8. The number of rotatable bonds is 3. The van der Waals surface area contributed by atoms with E-state index in [4.69, 9.17) is 0 Å². The van der Waals surface area contributed by atoms with Crippen LogP contribution in [0.25, 0.3) is 5.65 Å². The van der Waals surface area contributed by atoms with Crippen molar-refractivity contribution in [1.29, 1.82) is 0 Å². The highest BCUT2D eigenvalue weighted by Crippen LogP contribution is 2.11. The van der Waals surface area contributed by atoms with Crippen LogP contribution in [0.5, 0.6) is 0 Å². The summed E-state index contributed by atoms with van der Waals surface area (Å²) in [5.41, 5.74) is 0.640. The van der Waals surface area contributed by atoms with Crippen molar-refractivity contribution in [2.45, 2.75) is 6.54 Å². The highest BCUT2D eigenvalue weighted by atomic mass is 32.1. The fourth-order valence-electron chi connectivity index (χ4n) is 1.33. The van der Waals surface area contributed by atoms with E-state index < -0.39 is 0 Å². The fraction of sp³-hybridized carbons (Fsp3) is 0.111. The highest BCUT2D eigenvalue weighted by Gasteiger charge is 2.00. The van der Waals surface area contributed by atoms with Gasteiger partial charge in [0.15, 0.2) is 5.65 Å². The van der Waals surface area contributed by atoms with Gasteiger partial charge in [-0.1, -0.05) is 6.07 Å². The van der Waals surface area contributed by atoms with E-state index in [9.17, 15) is 0 Å². The van der Waals surface area contributed by atoms with Crippen molar-refractivity contribution in [2.75, 3.05) is 5.32 Å². The maximum atomic E-state index is 4.21.